The Morgan fingerprint density at radius 3 is 2.47 bits per heavy atom. The smallest absolute Gasteiger partial charge is 0.318 e. The lowest BCUT2D eigenvalue weighted by Gasteiger charge is -2.15. The van der Waals surface area contributed by atoms with Crippen molar-refractivity contribution in [2.45, 2.75) is 11.3 Å². The van der Waals surface area contributed by atoms with Crippen molar-refractivity contribution in [2.75, 3.05) is 0 Å². The summed E-state index contributed by atoms with van der Waals surface area (Å²) in [4.78, 5) is 10.5. The molecule has 1 aromatic rings. The van der Waals surface area contributed by atoms with Crippen molar-refractivity contribution in [3.63, 3.8) is 0 Å². The maximum atomic E-state index is 13.2. The van der Waals surface area contributed by atoms with Gasteiger partial charge < -0.3 is 10.8 Å². The summed E-state index contributed by atoms with van der Waals surface area (Å²) >= 11 is 3.79. The minimum Gasteiger partial charge on any atom is -0.480 e. The highest BCUT2D eigenvalue weighted by atomic mass is 35.5. The lowest BCUT2D eigenvalue weighted by Crippen LogP contribution is -2.29. The van der Waals surface area contributed by atoms with Crippen LogP contribution >= 0.6 is 25.0 Å². The molecular formula is C9H11ClFNO2S. The molecule has 0 fully saturated rings. The van der Waals surface area contributed by atoms with E-state index < -0.39 is 23.1 Å². The van der Waals surface area contributed by atoms with E-state index in [0.29, 0.717) is 0 Å². The van der Waals surface area contributed by atoms with Gasteiger partial charge in [0, 0.05) is 5.56 Å². The molecule has 0 unspecified atom stereocenters. The van der Waals surface area contributed by atoms with E-state index in [2.05, 4.69) is 12.6 Å². The van der Waals surface area contributed by atoms with E-state index in [0.717, 1.165) is 0 Å². The number of carbonyl (C=O) groups is 1. The van der Waals surface area contributed by atoms with Crippen LogP contribution < -0.4 is 5.73 Å². The van der Waals surface area contributed by atoms with Crippen LogP contribution in [0.5, 0.6) is 0 Å². The highest BCUT2D eigenvalue weighted by Crippen LogP contribution is 2.20. The number of hydrogen-bond donors (Lipinski definition) is 3. The van der Waals surface area contributed by atoms with Crippen LogP contribution in [0.25, 0.3) is 0 Å². The second-order valence-electron chi connectivity index (χ2n) is 2.83. The molecule has 3 N–H and O–H groups in total. The van der Waals surface area contributed by atoms with Crippen molar-refractivity contribution in [3.05, 3.63) is 35.6 Å². The number of nitrogens with two attached hydrogens (primary N) is 1. The van der Waals surface area contributed by atoms with Gasteiger partial charge in [0.05, 0.1) is 6.04 Å². The molecule has 6 heteroatoms. The molecule has 0 aliphatic rings. The first-order chi connectivity index (χ1) is 6.54. The SMILES string of the molecule is Cl.N[C@@H](c1ccccc1F)[C@H](S)C(=O)O. The van der Waals surface area contributed by atoms with E-state index in [4.69, 9.17) is 10.8 Å². The highest BCUT2D eigenvalue weighted by molar-refractivity contribution is 7.81. The quantitative estimate of drug-likeness (QED) is 0.716. The summed E-state index contributed by atoms with van der Waals surface area (Å²) in [6, 6.07) is 4.85. The molecule has 0 aromatic heterocycles. The third kappa shape index (κ3) is 3.37. The monoisotopic (exact) mass is 251 g/mol. The molecule has 3 nitrogen and oxygen atoms in total. The summed E-state index contributed by atoms with van der Waals surface area (Å²) in [6.45, 7) is 0. The largest absolute Gasteiger partial charge is 0.480 e. The van der Waals surface area contributed by atoms with E-state index in [1.54, 1.807) is 6.07 Å². The van der Waals surface area contributed by atoms with Crippen molar-refractivity contribution >= 4 is 31.0 Å². The molecule has 0 bridgehead atoms. The molecule has 2 atom stereocenters. The summed E-state index contributed by atoms with van der Waals surface area (Å²) in [6.07, 6.45) is 0. The van der Waals surface area contributed by atoms with Crippen LogP contribution in [0.1, 0.15) is 11.6 Å². The van der Waals surface area contributed by atoms with E-state index in [1.165, 1.54) is 18.2 Å². The fourth-order valence-electron chi connectivity index (χ4n) is 1.07. The number of thiol groups is 1. The molecule has 0 spiro atoms. The van der Waals surface area contributed by atoms with Crippen LogP contribution in [-0.2, 0) is 4.79 Å². The molecule has 15 heavy (non-hydrogen) atoms. The summed E-state index contributed by atoms with van der Waals surface area (Å²) in [5, 5.41) is 7.52. The number of carboxylic acids is 1. The molecule has 1 aromatic carbocycles. The van der Waals surface area contributed by atoms with Crippen LogP contribution in [0.4, 0.5) is 4.39 Å². The maximum Gasteiger partial charge on any atom is 0.318 e. The number of benzene rings is 1. The fraction of sp³-hybridized carbons (Fsp3) is 0.222. The molecule has 0 saturated heterocycles. The Morgan fingerprint density at radius 1 is 1.47 bits per heavy atom. The average molecular weight is 252 g/mol. The van der Waals surface area contributed by atoms with Gasteiger partial charge >= 0.3 is 5.97 Å². The van der Waals surface area contributed by atoms with Gasteiger partial charge in [0.2, 0.25) is 0 Å². The Hall–Kier alpha value is -0.780. The first-order valence-electron chi connectivity index (χ1n) is 3.95. The average Bonchev–Trinajstić information content (AvgIpc) is 2.16. The van der Waals surface area contributed by atoms with Crippen LogP contribution in [-0.4, -0.2) is 16.3 Å². The molecular weight excluding hydrogens is 241 g/mol. The zero-order valence-electron chi connectivity index (χ0n) is 7.63. The second kappa shape index (κ2) is 5.95. The summed E-state index contributed by atoms with van der Waals surface area (Å²) in [7, 11) is 0. The van der Waals surface area contributed by atoms with Crippen LogP contribution in [0.3, 0.4) is 0 Å². The molecule has 1 rings (SSSR count). The minimum absolute atomic E-state index is 0. The number of carboxylic acid groups (broad SMARTS) is 1. The van der Waals surface area contributed by atoms with E-state index >= 15 is 0 Å². The number of rotatable bonds is 3. The predicted octanol–water partition coefficient (Wildman–Crippen LogP) is 1.63. The Bertz CT molecular complexity index is 351. The van der Waals surface area contributed by atoms with Gasteiger partial charge in [-0.3, -0.25) is 4.79 Å². The van der Waals surface area contributed by atoms with Crippen molar-refractivity contribution in [2.24, 2.45) is 5.73 Å². The Kier molecular flexibility index (Phi) is 5.64. The van der Waals surface area contributed by atoms with Gasteiger partial charge in [-0.1, -0.05) is 18.2 Å². The van der Waals surface area contributed by atoms with E-state index in [1.807, 2.05) is 0 Å². The van der Waals surface area contributed by atoms with E-state index in [9.17, 15) is 9.18 Å². The minimum atomic E-state index is -1.16. The number of aliphatic carboxylic acids is 1. The molecule has 0 amide bonds. The van der Waals surface area contributed by atoms with Crippen LogP contribution in [0.2, 0.25) is 0 Å². The normalized spacial score (nSPS) is 13.8. The topological polar surface area (TPSA) is 63.3 Å². The maximum absolute atomic E-state index is 13.2. The van der Waals surface area contributed by atoms with Gasteiger partial charge in [-0.25, -0.2) is 4.39 Å². The van der Waals surface area contributed by atoms with Gasteiger partial charge in [-0.05, 0) is 6.07 Å². The highest BCUT2D eigenvalue weighted by Gasteiger charge is 2.24. The van der Waals surface area contributed by atoms with Crippen molar-refractivity contribution in [3.8, 4) is 0 Å². The molecule has 0 aliphatic heterocycles. The molecule has 0 saturated carbocycles. The van der Waals surface area contributed by atoms with Gasteiger partial charge in [-0.2, -0.15) is 12.6 Å². The second-order valence-corrected chi connectivity index (χ2v) is 3.39. The molecule has 0 heterocycles. The zero-order valence-corrected chi connectivity index (χ0v) is 9.34. The van der Waals surface area contributed by atoms with E-state index in [-0.39, 0.29) is 18.0 Å². The third-order valence-electron chi connectivity index (χ3n) is 1.86. The van der Waals surface area contributed by atoms with Gasteiger partial charge in [0.1, 0.15) is 11.1 Å². The number of hydrogen-bond acceptors (Lipinski definition) is 3. The van der Waals surface area contributed by atoms with Gasteiger partial charge in [0.25, 0.3) is 0 Å². The predicted molar refractivity (Wildman–Crippen MR) is 61.0 cm³/mol. The molecule has 84 valence electrons. The Labute approximate surface area is 98.3 Å². The fourth-order valence-corrected chi connectivity index (χ4v) is 1.23. The van der Waals surface area contributed by atoms with Gasteiger partial charge in [-0.15, -0.1) is 12.4 Å². The van der Waals surface area contributed by atoms with Crippen molar-refractivity contribution in [1.82, 2.24) is 0 Å². The van der Waals surface area contributed by atoms with Crippen LogP contribution in [0, 0.1) is 5.82 Å². The lowest BCUT2D eigenvalue weighted by atomic mass is 10.0. The van der Waals surface area contributed by atoms with Crippen LogP contribution in [0.15, 0.2) is 24.3 Å². The summed E-state index contributed by atoms with van der Waals surface area (Å²) < 4.78 is 13.2. The van der Waals surface area contributed by atoms with Gasteiger partial charge in [0.15, 0.2) is 0 Å². The molecule has 0 aliphatic carbocycles. The molecule has 0 radical (unpaired) electrons. The Balaban J connectivity index is 0.00000196. The first-order valence-corrected chi connectivity index (χ1v) is 4.46. The standard InChI is InChI=1S/C9H10FNO2S.ClH/c10-6-4-2-1-3-5(6)7(11)8(14)9(12)13;/h1-4,7-8,14H,11H2,(H,12,13);1H/t7-,8-;/m0./s1. The third-order valence-corrected chi connectivity index (χ3v) is 2.40. The summed E-state index contributed by atoms with van der Waals surface area (Å²) in [5.41, 5.74) is 5.70. The zero-order chi connectivity index (χ0) is 10.7. The Morgan fingerprint density at radius 2 is 2.00 bits per heavy atom. The first kappa shape index (κ1) is 14.2. The van der Waals surface area contributed by atoms with Crippen molar-refractivity contribution < 1.29 is 14.3 Å². The summed E-state index contributed by atoms with van der Waals surface area (Å²) in [5.74, 6) is -1.68. The lowest BCUT2D eigenvalue weighted by molar-refractivity contribution is -0.136. The van der Waals surface area contributed by atoms with Crippen molar-refractivity contribution in [1.29, 1.82) is 0 Å². The number of halogens is 2.